The maximum Gasteiger partial charge on any atom is 0.221 e. The van der Waals surface area contributed by atoms with Gasteiger partial charge in [0, 0.05) is 11.8 Å². The zero-order chi connectivity index (χ0) is 14.9. The molecule has 1 aliphatic carbocycles. The van der Waals surface area contributed by atoms with Gasteiger partial charge in [0.05, 0.1) is 5.56 Å². The van der Waals surface area contributed by atoms with Crippen LogP contribution < -0.4 is 5.32 Å². The molecule has 0 fully saturated rings. The van der Waals surface area contributed by atoms with E-state index in [0.29, 0.717) is 16.9 Å². The molecule has 0 aromatic carbocycles. The molecule has 0 saturated heterocycles. The Morgan fingerprint density at radius 3 is 2.80 bits per heavy atom. The molecule has 108 valence electrons. The van der Waals surface area contributed by atoms with Crippen molar-refractivity contribution in [1.29, 1.82) is 5.26 Å². The fraction of sp³-hybridized carbons (Fsp3) is 0.625. The van der Waals surface area contributed by atoms with Gasteiger partial charge in [-0.25, -0.2) is 0 Å². The Labute approximate surface area is 125 Å². The monoisotopic (exact) mass is 290 g/mol. The van der Waals surface area contributed by atoms with Crippen LogP contribution in [-0.2, 0) is 17.6 Å². The predicted molar refractivity (Wildman–Crippen MR) is 82.9 cm³/mol. The molecule has 0 radical (unpaired) electrons. The van der Waals surface area contributed by atoms with Crippen LogP contribution >= 0.6 is 11.3 Å². The highest BCUT2D eigenvalue weighted by molar-refractivity contribution is 7.16. The Bertz CT molecular complexity index is 566. The van der Waals surface area contributed by atoms with Crippen molar-refractivity contribution in [2.45, 2.75) is 53.4 Å². The predicted octanol–water partition coefficient (Wildman–Crippen LogP) is 4.12. The molecule has 1 aromatic rings. The van der Waals surface area contributed by atoms with Gasteiger partial charge in [-0.05, 0) is 36.2 Å². The third kappa shape index (κ3) is 2.73. The zero-order valence-corrected chi connectivity index (χ0v) is 13.5. The fourth-order valence-corrected chi connectivity index (χ4v) is 4.23. The largest absolute Gasteiger partial charge is 0.317 e. The summed E-state index contributed by atoms with van der Waals surface area (Å²) in [5.41, 5.74) is 2.19. The third-order valence-corrected chi connectivity index (χ3v) is 5.85. The number of nitrogens with one attached hydrogen (secondary N) is 1. The van der Waals surface area contributed by atoms with Gasteiger partial charge in [-0.15, -0.1) is 11.3 Å². The number of anilines is 1. The van der Waals surface area contributed by atoms with Crippen LogP contribution in [0.1, 0.15) is 56.5 Å². The summed E-state index contributed by atoms with van der Waals surface area (Å²) in [5, 5.41) is 12.9. The van der Waals surface area contributed by atoms with E-state index in [9.17, 15) is 10.1 Å². The van der Waals surface area contributed by atoms with Crippen molar-refractivity contribution in [3.05, 3.63) is 16.0 Å². The molecule has 1 heterocycles. The second-order valence-electron chi connectivity index (χ2n) is 6.28. The molecular formula is C16H22N2OS. The smallest absolute Gasteiger partial charge is 0.221 e. The number of hydrogen-bond acceptors (Lipinski definition) is 3. The normalized spacial score (nSPS) is 18.2. The Morgan fingerprint density at radius 2 is 2.25 bits per heavy atom. The summed E-state index contributed by atoms with van der Waals surface area (Å²) in [5.74, 6) is 0.556. The lowest BCUT2D eigenvalue weighted by Gasteiger charge is -2.36. The van der Waals surface area contributed by atoms with E-state index in [1.807, 2.05) is 0 Å². The zero-order valence-electron chi connectivity index (χ0n) is 12.7. The highest BCUT2D eigenvalue weighted by Crippen LogP contribution is 2.45. The molecule has 0 aliphatic heterocycles. The lowest BCUT2D eigenvalue weighted by molar-refractivity contribution is -0.114. The van der Waals surface area contributed by atoms with Gasteiger partial charge in [0.15, 0.2) is 0 Å². The van der Waals surface area contributed by atoms with Crippen LogP contribution in [0.3, 0.4) is 0 Å². The first kappa shape index (κ1) is 15.1. The molecule has 0 spiro atoms. The molecule has 1 aromatic heterocycles. The number of fused-ring (bicyclic) bond motifs is 1. The first-order valence-corrected chi connectivity index (χ1v) is 8.03. The molecule has 1 unspecified atom stereocenters. The highest BCUT2D eigenvalue weighted by Gasteiger charge is 2.33. The first-order chi connectivity index (χ1) is 9.39. The number of amides is 1. The van der Waals surface area contributed by atoms with E-state index >= 15 is 0 Å². The maximum atomic E-state index is 11.3. The van der Waals surface area contributed by atoms with Crippen molar-refractivity contribution >= 4 is 22.2 Å². The van der Waals surface area contributed by atoms with Gasteiger partial charge < -0.3 is 5.32 Å². The summed E-state index contributed by atoms with van der Waals surface area (Å²) in [6, 6.07) is 2.27. The second-order valence-corrected chi connectivity index (χ2v) is 7.39. The molecular weight excluding hydrogens is 268 g/mol. The Balaban J connectivity index is 2.32. The number of carbonyl (C=O) groups excluding carboxylic acids is 1. The van der Waals surface area contributed by atoms with Crippen LogP contribution in [0.25, 0.3) is 0 Å². The van der Waals surface area contributed by atoms with Crippen molar-refractivity contribution in [2.75, 3.05) is 5.32 Å². The maximum absolute atomic E-state index is 11.3. The van der Waals surface area contributed by atoms with Gasteiger partial charge in [0.2, 0.25) is 5.91 Å². The van der Waals surface area contributed by atoms with E-state index in [0.717, 1.165) is 24.3 Å². The van der Waals surface area contributed by atoms with Gasteiger partial charge in [-0.1, -0.05) is 27.2 Å². The summed E-state index contributed by atoms with van der Waals surface area (Å²) in [7, 11) is 0. The van der Waals surface area contributed by atoms with E-state index in [4.69, 9.17) is 0 Å². The summed E-state index contributed by atoms with van der Waals surface area (Å²) in [6.07, 6.45) is 4.30. The molecule has 1 atom stereocenters. The summed E-state index contributed by atoms with van der Waals surface area (Å²) in [6.45, 7) is 8.39. The number of nitrogens with zero attached hydrogens (tertiary/aromatic N) is 1. The number of thiophene rings is 1. The van der Waals surface area contributed by atoms with Crippen molar-refractivity contribution in [1.82, 2.24) is 0 Å². The Kier molecular flexibility index (Phi) is 4.19. The molecule has 1 amide bonds. The summed E-state index contributed by atoms with van der Waals surface area (Å²) in [4.78, 5) is 12.5. The van der Waals surface area contributed by atoms with Crippen molar-refractivity contribution < 1.29 is 4.79 Å². The standard InChI is InChI=1S/C16H22N2OS/c1-5-16(3,4)11-6-7-12-13(9-17)15(18-10(2)19)20-14(12)8-11/h11H,5-8H2,1-4H3,(H,18,19). The molecule has 4 heteroatoms. The summed E-state index contributed by atoms with van der Waals surface area (Å²) >= 11 is 1.59. The Hall–Kier alpha value is -1.34. The molecule has 1 N–H and O–H groups in total. The van der Waals surface area contributed by atoms with Gasteiger partial charge in [-0.2, -0.15) is 5.26 Å². The second kappa shape index (κ2) is 5.57. The van der Waals surface area contributed by atoms with Crippen molar-refractivity contribution in [3.63, 3.8) is 0 Å². The fourth-order valence-electron chi connectivity index (χ4n) is 2.91. The van der Waals surface area contributed by atoms with Crippen LogP contribution in [-0.4, -0.2) is 5.91 Å². The van der Waals surface area contributed by atoms with Crippen LogP contribution in [0.2, 0.25) is 0 Å². The molecule has 0 bridgehead atoms. The minimum Gasteiger partial charge on any atom is -0.317 e. The lowest BCUT2D eigenvalue weighted by Crippen LogP contribution is -2.28. The molecule has 2 rings (SSSR count). The lowest BCUT2D eigenvalue weighted by atomic mass is 9.69. The molecule has 1 aliphatic rings. The van der Waals surface area contributed by atoms with Crippen molar-refractivity contribution in [3.8, 4) is 6.07 Å². The van der Waals surface area contributed by atoms with Crippen molar-refractivity contribution in [2.24, 2.45) is 11.3 Å². The average Bonchev–Trinajstić information content (AvgIpc) is 2.73. The van der Waals surface area contributed by atoms with Crippen LogP contribution in [0.4, 0.5) is 5.00 Å². The van der Waals surface area contributed by atoms with Crippen LogP contribution in [0, 0.1) is 22.7 Å². The van der Waals surface area contributed by atoms with Gasteiger partial charge >= 0.3 is 0 Å². The summed E-state index contributed by atoms with van der Waals surface area (Å²) < 4.78 is 0. The van der Waals surface area contributed by atoms with Gasteiger partial charge in [0.25, 0.3) is 0 Å². The van der Waals surface area contributed by atoms with Gasteiger partial charge in [0.1, 0.15) is 11.1 Å². The van der Waals surface area contributed by atoms with E-state index < -0.39 is 0 Å². The third-order valence-electron chi connectivity index (χ3n) is 4.68. The highest BCUT2D eigenvalue weighted by atomic mass is 32.1. The number of hydrogen-bond donors (Lipinski definition) is 1. The molecule has 20 heavy (non-hydrogen) atoms. The number of rotatable bonds is 3. The number of nitriles is 1. The van der Waals surface area contributed by atoms with Crippen LogP contribution in [0.15, 0.2) is 0 Å². The van der Waals surface area contributed by atoms with E-state index in [1.54, 1.807) is 11.3 Å². The Morgan fingerprint density at radius 1 is 1.55 bits per heavy atom. The van der Waals surface area contributed by atoms with Gasteiger partial charge in [-0.3, -0.25) is 4.79 Å². The molecule has 0 saturated carbocycles. The van der Waals surface area contributed by atoms with E-state index in [1.165, 1.54) is 23.8 Å². The molecule has 3 nitrogen and oxygen atoms in total. The topological polar surface area (TPSA) is 52.9 Å². The minimum atomic E-state index is -0.106. The quantitative estimate of drug-likeness (QED) is 0.910. The SMILES string of the molecule is CCC(C)(C)C1CCc2c(sc(NC(C)=O)c2C#N)C1. The first-order valence-electron chi connectivity index (χ1n) is 7.21. The minimum absolute atomic E-state index is 0.106. The van der Waals surface area contributed by atoms with E-state index in [-0.39, 0.29) is 5.91 Å². The number of carbonyl (C=O) groups is 1. The average molecular weight is 290 g/mol. The van der Waals surface area contributed by atoms with Crippen LogP contribution in [0.5, 0.6) is 0 Å². The van der Waals surface area contributed by atoms with E-state index in [2.05, 4.69) is 32.2 Å².